The zero-order valence-electron chi connectivity index (χ0n) is 12.3. The minimum atomic E-state index is 0.371. The van der Waals surface area contributed by atoms with Gasteiger partial charge in [0, 0.05) is 25.7 Å². The predicted octanol–water partition coefficient (Wildman–Crippen LogP) is 2.25. The monoisotopic (exact) mass is 254 g/mol. The lowest BCUT2D eigenvalue weighted by molar-refractivity contribution is -0.00468. The van der Waals surface area contributed by atoms with Gasteiger partial charge in [-0.15, -0.1) is 0 Å². The summed E-state index contributed by atoms with van der Waals surface area (Å²) in [6.45, 7) is 7.00. The van der Waals surface area contributed by atoms with E-state index in [0.29, 0.717) is 18.2 Å². The number of nitrogens with two attached hydrogens (primary N) is 1. The third-order valence-corrected chi connectivity index (χ3v) is 5.06. The number of methoxy groups -OCH3 is 1. The van der Waals surface area contributed by atoms with Gasteiger partial charge in [-0.2, -0.15) is 0 Å². The molecule has 0 radical (unpaired) electrons. The third-order valence-electron chi connectivity index (χ3n) is 5.06. The van der Waals surface area contributed by atoms with Crippen LogP contribution in [-0.4, -0.2) is 43.3 Å². The van der Waals surface area contributed by atoms with Crippen LogP contribution in [-0.2, 0) is 4.74 Å². The van der Waals surface area contributed by atoms with Gasteiger partial charge in [0.15, 0.2) is 0 Å². The van der Waals surface area contributed by atoms with Gasteiger partial charge >= 0.3 is 0 Å². The van der Waals surface area contributed by atoms with E-state index in [-0.39, 0.29) is 0 Å². The second-order valence-corrected chi connectivity index (χ2v) is 6.54. The fourth-order valence-corrected chi connectivity index (χ4v) is 3.69. The zero-order chi connectivity index (χ0) is 13.1. The minimum absolute atomic E-state index is 0.371. The Morgan fingerprint density at radius 2 is 2.00 bits per heavy atom. The van der Waals surface area contributed by atoms with Crippen LogP contribution in [0.15, 0.2) is 0 Å². The first-order valence-corrected chi connectivity index (χ1v) is 7.64. The van der Waals surface area contributed by atoms with Gasteiger partial charge in [-0.25, -0.2) is 0 Å². The molecule has 3 heteroatoms. The third kappa shape index (κ3) is 3.25. The number of hydrogen-bond donors (Lipinski definition) is 1. The van der Waals surface area contributed by atoms with Crippen LogP contribution in [0.4, 0.5) is 0 Å². The predicted molar refractivity (Wildman–Crippen MR) is 75.5 cm³/mol. The zero-order valence-corrected chi connectivity index (χ0v) is 12.3. The molecular weight excluding hydrogens is 224 g/mol. The van der Waals surface area contributed by atoms with E-state index in [2.05, 4.69) is 18.7 Å². The molecule has 4 unspecified atom stereocenters. The van der Waals surface area contributed by atoms with E-state index in [4.69, 9.17) is 10.5 Å². The number of likely N-dealkylation sites (tertiary alicyclic amines) is 1. The van der Waals surface area contributed by atoms with Crippen LogP contribution >= 0.6 is 0 Å². The Morgan fingerprint density at radius 3 is 2.67 bits per heavy atom. The molecule has 2 N–H and O–H groups in total. The standard InChI is InChI=1S/C15H30N2O/c1-11(2)12-6-7-14(16)15(9-12)17-8-4-5-13(10-17)18-3/h11-15H,4-10,16H2,1-3H3. The maximum absolute atomic E-state index is 6.38. The maximum atomic E-state index is 6.38. The van der Waals surface area contributed by atoms with Crippen LogP contribution in [0, 0.1) is 11.8 Å². The molecule has 106 valence electrons. The molecule has 2 aliphatic rings. The highest BCUT2D eigenvalue weighted by molar-refractivity contribution is 4.92. The van der Waals surface area contributed by atoms with Crippen LogP contribution in [0.1, 0.15) is 46.0 Å². The van der Waals surface area contributed by atoms with Crippen molar-refractivity contribution in [2.45, 2.75) is 64.1 Å². The van der Waals surface area contributed by atoms with Crippen LogP contribution in [0.25, 0.3) is 0 Å². The molecular formula is C15H30N2O. The van der Waals surface area contributed by atoms with Crippen LogP contribution in [0.2, 0.25) is 0 Å². The molecule has 1 saturated heterocycles. The number of nitrogens with zero attached hydrogens (tertiary/aromatic N) is 1. The molecule has 1 saturated carbocycles. The molecule has 1 aliphatic carbocycles. The second-order valence-electron chi connectivity index (χ2n) is 6.54. The lowest BCUT2D eigenvalue weighted by atomic mass is 9.76. The smallest absolute Gasteiger partial charge is 0.0698 e. The minimum Gasteiger partial charge on any atom is -0.380 e. The van der Waals surface area contributed by atoms with Crippen molar-refractivity contribution in [3.8, 4) is 0 Å². The van der Waals surface area contributed by atoms with Crippen LogP contribution in [0.5, 0.6) is 0 Å². The fourth-order valence-electron chi connectivity index (χ4n) is 3.69. The molecule has 3 nitrogen and oxygen atoms in total. The Balaban J connectivity index is 1.96. The van der Waals surface area contributed by atoms with Gasteiger partial charge in [0.2, 0.25) is 0 Å². The summed E-state index contributed by atoms with van der Waals surface area (Å²) in [7, 11) is 1.84. The van der Waals surface area contributed by atoms with Gasteiger partial charge in [0.05, 0.1) is 6.10 Å². The molecule has 18 heavy (non-hydrogen) atoms. The van der Waals surface area contributed by atoms with Crippen molar-refractivity contribution in [2.24, 2.45) is 17.6 Å². The Kier molecular flexibility index (Phi) is 5.05. The van der Waals surface area contributed by atoms with Gasteiger partial charge in [-0.05, 0) is 50.5 Å². The van der Waals surface area contributed by atoms with Crippen molar-refractivity contribution in [2.75, 3.05) is 20.2 Å². The van der Waals surface area contributed by atoms with Gasteiger partial charge in [-0.1, -0.05) is 13.8 Å². The van der Waals surface area contributed by atoms with Crippen LogP contribution < -0.4 is 5.73 Å². The molecule has 4 atom stereocenters. The summed E-state index contributed by atoms with van der Waals surface area (Å²) in [4.78, 5) is 2.61. The normalized spacial score (nSPS) is 39.2. The highest BCUT2D eigenvalue weighted by Crippen LogP contribution is 2.33. The molecule has 0 amide bonds. The molecule has 1 aliphatic heterocycles. The Bertz CT molecular complexity index is 257. The van der Waals surface area contributed by atoms with E-state index < -0.39 is 0 Å². The first-order valence-electron chi connectivity index (χ1n) is 7.64. The Hall–Kier alpha value is -0.120. The van der Waals surface area contributed by atoms with E-state index >= 15 is 0 Å². The Labute approximate surface area is 112 Å². The molecule has 0 bridgehead atoms. The summed E-state index contributed by atoms with van der Waals surface area (Å²) in [5, 5.41) is 0. The van der Waals surface area contributed by atoms with Crippen molar-refractivity contribution in [3.05, 3.63) is 0 Å². The molecule has 1 heterocycles. The number of rotatable bonds is 3. The topological polar surface area (TPSA) is 38.5 Å². The van der Waals surface area contributed by atoms with E-state index in [1.807, 2.05) is 7.11 Å². The molecule has 2 fully saturated rings. The Morgan fingerprint density at radius 1 is 1.22 bits per heavy atom. The van der Waals surface area contributed by atoms with Crippen molar-refractivity contribution < 1.29 is 4.74 Å². The summed E-state index contributed by atoms with van der Waals surface area (Å²) >= 11 is 0. The summed E-state index contributed by atoms with van der Waals surface area (Å²) in [5.74, 6) is 1.65. The summed E-state index contributed by atoms with van der Waals surface area (Å²) in [5.41, 5.74) is 6.38. The van der Waals surface area contributed by atoms with Gasteiger partial charge in [-0.3, -0.25) is 4.90 Å². The number of ether oxygens (including phenoxy) is 1. The van der Waals surface area contributed by atoms with Crippen molar-refractivity contribution in [3.63, 3.8) is 0 Å². The van der Waals surface area contributed by atoms with E-state index in [0.717, 1.165) is 18.4 Å². The molecule has 0 spiro atoms. The average molecular weight is 254 g/mol. The van der Waals surface area contributed by atoms with Crippen molar-refractivity contribution in [1.82, 2.24) is 4.90 Å². The summed E-state index contributed by atoms with van der Waals surface area (Å²) in [6, 6.07) is 0.958. The lowest BCUT2D eigenvalue weighted by Crippen LogP contribution is -2.55. The lowest BCUT2D eigenvalue weighted by Gasteiger charge is -2.45. The van der Waals surface area contributed by atoms with Gasteiger partial charge in [0.1, 0.15) is 0 Å². The van der Waals surface area contributed by atoms with E-state index in [1.165, 1.54) is 38.6 Å². The van der Waals surface area contributed by atoms with Crippen molar-refractivity contribution >= 4 is 0 Å². The largest absolute Gasteiger partial charge is 0.380 e. The van der Waals surface area contributed by atoms with Gasteiger partial charge < -0.3 is 10.5 Å². The molecule has 2 rings (SSSR count). The first kappa shape index (κ1) is 14.3. The SMILES string of the molecule is COC1CCCN(C2CC(C(C)C)CCC2N)C1. The molecule has 0 aromatic carbocycles. The number of hydrogen-bond acceptors (Lipinski definition) is 3. The molecule has 0 aromatic rings. The highest BCUT2D eigenvalue weighted by Gasteiger charge is 2.35. The van der Waals surface area contributed by atoms with Gasteiger partial charge in [0.25, 0.3) is 0 Å². The second kappa shape index (κ2) is 6.36. The first-order chi connectivity index (χ1) is 8.61. The summed E-state index contributed by atoms with van der Waals surface area (Å²) < 4.78 is 5.54. The fraction of sp³-hybridized carbons (Fsp3) is 1.00. The maximum Gasteiger partial charge on any atom is 0.0698 e. The van der Waals surface area contributed by atoms with Crippen LogP contribution in [0.3, 0.4) is 0 Å². The number of piperidine rings is 1. The highest BCUT2D eigenvalue weighted by atomic mass is 16.5. The van der Waals surface area contributed by atoms with E-state index in [9.17, 15) is 0 Å². The van der Waals surface area contributed by atoms with Crippen molar-refractivity contribution in [1.29, 1.82) is 0 Å². The van der Waals surface area contributed by atoms with E-state index in [1.54, 1.807) is 0 Å². The molecule has 0 aromatic heterocycles. The summed E-state index contributed by atoms with van der Waals surface area (Å²) in [6.07, 6.45) is 6.69. The quantitative estimate of drug-likeness (QED) is 0.839. The average Bonchev–Trinajstić information content (AvgIpc) is 2.39.